The molecule has 0 unspecified atom stereocenters. The van der Waals surface area contributed by atoms with Gasteiger partial charge in [0, 0.05) is 48.8 Å². The van der Waals surface area contributed by atoms with Gasteiger partial charge < -0.3 is 14.6 Å². The Hall–Kier alpha value is -3.32. The first kappa shape index (κ1) is 19.0. The number of methoxy groups -OCH3 is 1. The number of amides is 1. The van der Waals surface area contributed by atoms with Crippen molar-refractivity contribution in [1.82, 2.24) is 15.3 Å². The number of para-hydroxylation sites is 3. The number of anilines is 1. The van der Waals surface area contributed by atoms with Gasteiger partial charge in [-0.3, -0.25) is 9.69 Å². The molecule has 0 bridgehead atoms. The quantitative estimate of drug-likeness (QED) is 0.500. The summed E-state index contributed by atoms with van der Waals surface area (Å²) in [7, 11) is 1.69. The number of nitrogens with zero attached hydrogens (tertiary/aromatic N) is 3. The first-order valence-corrected chi connectivity index (χ1v) is 9.73. The van der Waals surface area contributed by atoms with Crippen LogP contribution in [0.1, 0.15) is 5.56 Å². The molecule has 1 amide bonds. The number of nitrogens with one attached hydrogen (secondary N) is 2. The molecular formula is C22H25N5O2. The van der Waals surface area contributed by atoms with Crippen LogP contribution in [0.15, 0.2) is 59.8 Å². The highest BCUT2D eigenvalue weighted by atomic mass is 16.5. The zero-order valence-electron chi connectivity index (χ0n) is 16.5. The van der Waals surface area contributed by atoms with Gasteiger partial charge >= 0.3 is 0 Å². The van der Waals surface area contributed by atoms with Crippen molar-refractivity contribution in [2.24, 2.45) is 5.10 Å². The number of fused-ring (bicyclic) bond motifs is 1. The number of hydrogen-bond donors (Lipinski definition) is 2. The lowest BCUT2D eigenvalue weighted by Gasteiger charge is -2.36. The molecule has 1 aromatic heterocycles. The fourth-order valence-electron chi connectivity index (χ4n) is 3.65. The molecule has 7 heteroatoms. The molecule has 0 aliphatic carbocycles. The van der Waals surface area contributed by atoms with E-state index in [-0.39, 0.29) is 5.91 Å². The summed E-state index contributed by atoms with van der Waals surface area (Å²) in [5.74, 6) is 0.775. The Labute approximate surface area is 170 Å². The van der Waals surface area contributed by atoms with E-state index >= 15 is 0 Å². The van der Waals surface area contributed by atoms with E-state index in [1.165, 1.54) is 0 Å². The number of ether oxygens (including phenoxy) is 1. The minimum Gasteiger partial charge on any atom is -0.495 e. The van der Waals surface area contributed by atoms with Crippen molar-refractivity contribution in [2.75, 3.05) is 44.7 Å². The molecule has 0 saturated carbocycles. The SMILES string of the molecule is COc1ccccc1N1CCN(CC(=O)N/N=C/c2c[nH]c3ccccc23)CC1. The van der Waals surface area contributed by atoms with Crippen molar-refractivity contribution in [3.8, 4) is 5.75 Å². The Bertz CT molecular complexity index is 1010. The molecule has 2 heterocycles. The van der Waals surface area contributed by atoms with Crippen molar-refractivity contribution in [3.63, 3.8) is 0 Å². The summed E-state index contributed by atoms with van der Waals surface area (Å²) in [5.41, 5.74) is 5.73. The van der Waals surface area contributed by atoms with E-state index in [1.807, 2.05) is 48.7 Å². The highest BCUT2D eigenvalue weighted by Crippen LogP contribution is 2.28. The van der Waals surface area contributed by atoms with E-state index < -0.39 is 0 Å². The Morgan fingerprint density at radius 2 is 1.90 bits per heavy atom. The van der Waals surface area contributed by atoms with Gasteiger partial charge in [-0.15, -0.1) is 0 Å². The summed E-state index contributed by atoms with van der Waals surface area (Å²) in [6.45, 7) is 3.68. The Morgan fingerprint density at radius 1 is 1.14 bits per heavy atom. The number of hydrogen-bond acceptors (Lipinski definition) is 5. The van der Waals surface area contributed by atoms with Crippen molar-refractivity contribution >= 4 is 28.7 Å². The monoisotopic (exact) mass is 391 g/mol. The predicted molar refractivity (Wildman–Crippen MR) is 116 cm³/mol. The first-order valence-electron chi connectivity index (χ1n) is 9.73. The minimum atomic E-state index is -0.105. The molecule has 0 atom stereocenters. The standard InChI is InChI=1S/C22H25N5O2/c1-29-21-9-5-4-8-20(21)27-12-10-26(11-13-27)16-22(28)25-24-15-17-14-23-19-7-3-2-6-18(17)19/h2-9,14-15,23H,10-13,16H2,1H3,(H,25,28)/b24-15+. The summed E-state index contributed by atoms with van der Waals surface area (Å²) < 4.78 is 5.45. The largest absolute Gasteiger partial charge is 0.495 e. The van der Waals surface area contributed by atoms with Crippen molar-refractivity contribution < 1.29 is 9.53 Å². The maximum absolute atomic E-state index is 12.2. The highest BCUT2D eigenvalue weighted by Gasteiger charge is 2.20. The Morgan fingerprint density at radius 3 is 2.72 bits per heavy atom. The second-order valence-electron chi connectivity index (χ2n) is 7.02. The fraction of sp³-hybridized carbons (Fsp3) is 0.273. The van der Waals surface area contributed by atoms with Gasteiger partial charge in [0.25, 0.3) is 5.91 Å². The van der Waals surface area contributed by atoms with Crippen molar-refractivity contribution in [1.29, 1.82) is 0 Å². The van der Waals surface area contributed by atoms with Crippen LogP contribution in [0.2, 0.25) is 0 Å². The Kier molecular flexibility index (Phi) is 5.76. The number of benzene rings is 2. The molecule has 4 rings (SSSR count). The van der Waals surface area contributed by atoms with Crippen LogP contribution in [0.5, 0.6) is 5.75 Å². The second kappa shape index (κ2) is 8.79. The molecule has 0 radical (unpaired) electrons. The van der Waals surface area contributed by atoms with Crippen molar-refractivity contribution in [2.45, 2.75) is 0 Å². The van der Waals surface area contributed by atoms with Crippen LogP contribution in [-0.2, 0) is 4.79 Å². The maximum atomic E-state index is 12.2. The van der Waals surface area contributed by atoms with Crippen molar-refractivity contribution in [3.05, 3.63) is 60.3 Å². The average molecular weight is 391 g/mol. The lowest BCUT2D eigenvalue weighted by atomic mass is 10.2. The van der Waals surface area contributed by atoms with Crippen LogP contribution in [0.3, 0.4) is 0 Å². The van der Waals surface area contributed by atoms with E-state index in [1.54, 1.807) is 13.3 Å². The Balaban J connectivity index is 1.27. The third kappa shape index (κ3) is 4.41. The van der Waals surface area contributed by atoms with Gasteiger partial charge in [0.1, 0.15) is 5.75 Å². The number of hydrazone groups is 1. The maximum Gasteiger partial charge on any atom is 0.254 e. The highest BCUT2D eigenvalue weighted by molar-refractivity contribution is 5.99. The van der Waals surface area contributed by atoms with Gasteiger partial charge in [-0.1, -0.05) is 30.3 Å². The lowest BCUT2D eigenvalue weighted by Crippen LogP contribution is -2.49. The van der Waals surface area contributed by atoms with Gasteiger partial charge in [-0.05, 0) is 18.2 Å². The molecule has 1 saturated heterocycles. The number of rotatable bonds is 6. The fourth-order valence-corrected chi connectivity index (χ4v) is 3.65. The summed E-state index contributed by atoms with van der Waals surface area (Å²) in [6.07, 6.45) is 3.56. The zero-order valence-corrected chi connectivity index (χ0v) is 16.5. The second-order valence-corrected chi connectivity index (χ2v) is 7.02. The minimum absolute atomic E-state index is 0.105. The van der Waals surface area contributed by atoms with Gasteiger partial charge in [-0.25, -0.2) is 5.43 Å². The van der Waals surface area contributed by atoms with E-state index in [2.05, 4.69) is 31.4 Å². The molecule has 1 aliphatic heterocycles. The van der Waals surface area contributed by atoms with Crippen LogP contribution in [0, 0.1) is 0 Å². The lowest BCUT2D eigenvalue weighted by molar-refractivity contribution is -0.122. The molecular weight excluding hydrogens is 366 g/mol. The molecule has 2 N–H and O–H groups in total. The van der Waals surface area contributed by atoms with Crippen LogP contribution in [-0.4, -0.2) is 61.8 Å². The molecule has 2 aromatic carbocycles. The van der Waals surface area contributed by atoms with Gasteiger partial charge in [0.05, 0.1) is 25.6 Å². The third-order valence-corrected chi connectivity index (χ3v) is 5.18. The van der Waals surface area contributed by atoms with Crippen LogP contribution in [0.25, 0.3) is 10.9 Å². The van der Waals surface area contributed by atoms with Gasteiger partial charge in [0.15, 0.2) is 0 Å². The van der Waals surface area contributed by atoms with Crippen LogP contribution in [0.4, 0.5) is 5.69 Å². The third-order valence-electron chi connectivity index (χ3n) is 5.18. The molecule has 150 valence electrons. The van der Waals surface area contributed by atoms with E-state index in [0.717, 1.165) is 54.1 Å². The van der Waals surface area contributed by atoms with E-state index in [0.29, 0.717) is 6.54 Å². The average Bonchev–Trinajstić information content (AvgIpc) is 3.17. The summed E-state index contributed by atoms with van der Waals surface area (Å²) in [4.78, 5) is 19.9. The summed E-state index contributed by atoms with van der Waals surface area (Å²) in [6, 6.07) is 16.0. The molecule has 7 nitrogen and oxygen atoms in total. The first-order chi connectivity index (χ1) is 14.2. The zero-order chi connectivity index (χ0) is 20.1. The van der Waals surface area contributed by atoms with Gasteiger partial charge in [-0.2, -0.15) is 5.10 Å². The number of piperazine rings is 1. The number of carbonyl (C=O) groups is 1. The molecule has 3 aromatic rings. The smallest absolute Gasteiger partial charge is 0.254 e. The predicted octanol–water partition coefficient (Wildman–Crippen LogP) is 2.45. The molecule has 1 fully saturated rings. The van der Waals surface area contributed by atoms with E-state index in [4.69, 9.17) is 4.74 Å². The normalized spacial score (nSPS) is 15.1. The van der Waals surface area contributed by atoms with Gasteiger partial charge in [0.2, 0.25) is 0 Å². The number of H-pyrrole nitrogens is 1. The number of carbonyl (C=O) groups excluding carboxylic acids is 1. The number of aromatic amines is 1. The summed E-state index contributed by atoms with van der Waals surface area (Å²) in [5, 5.41) is 5.20. The molecule has 29 heavy (non-hydrogen) atoms. The molecule has 1 aliphatic rings. The van der Waals surface area contributed by atoms with Crippen LogP contribution < -0.4 is 15.1 Å². The van der Waals surface area contributed by atoms with Crippen LogP contribution >= 0.6 is 0 Å². The topological polar surface area (TPSA) is 73.0 Å². The summed E-state index contributed by atoms with van der Waals surface area (Å²) >= 11 is 0. The van der Waals surface area contributed by atoms with E-state index in [9.17, 15) is 4.79 Å². The molecule has 0 spiro atoms. The number of aromatic nitrogens is 1.